The number of hydrogen-bond donors (Lipinski definition) is 1. The van der Waals surface area contributed by atoms with Gasteiger partial charge in [-0.25, -0.2) is 4.39 Å². The summed E-state index contributed by atoms with van der Waals surface area (Å²) in [4.78, 5) is 0. The average molecular weight is 284 g/mol. The lowest BCUT2D eigenvalue weighted by molar-refractivity contribution is 0.422. The fourth-order valence-electron chi connectivity index (χ4n) is 3.33. The molecule has 1 unspecified atom stereocenters. The van der Waals surface area contributed by atoms with Crippen molar-refractivity contribution in [3.05, 3.63) is 64.5 Å². The zero-order chi connectivity index (χ0) is 14.8. The maximum absolute atomic E-state index is 13.9. The van der Waals surface area contributed by atoms with Gasteiger partial charge in [-0.3, -0.25) is 0 Å². The van der Waals surface area contributed by atoms with Crippen molar-refractivity contribution < 1.29 is 9.50 Å². The van der Waals surface area contributed by atoms with Gasteiger partial charge in [0, 0.05) is 0 Å². The number of phenols is 1. The van der Waals surface area contributed by atoms with Gasteiger partial charge >= 0.3 is 0 Å². The van der Waals surface area contributed by atoms with E-state index in [1.54, 1.807) is 0 Å². The van der Waals surface area contributed by atoms with Crippen molar-refractivity contribution in [2.75, 3.05) is 0 Å². The van der Waals surface area contributed by atoms with Gasteiger partial charge in [-0.2, -0.15) is 0 Å². The lowest BCUT2D eigenvalue weighted by Crippen LogP contribution is -2.14. The average Bonchev–Trinajstić information content (AvgIpc) is 2.52. The molecule has 0 aromatic heterocycles. The smallest absolute Gasteiger partial charge is 0.168 e. The summed E-state index contributed by atoms with van der Waals surface area (Å²) in [6, 6.07) is 12.2. The van der Waals surface area contributed by atoms with Crippen molar-refractivity contribution in [3.63, 3.8) is 0 Å². The molecule has 1 aliphatic rings. The number of rotatable bonds is 3. The Hall–Kier alpha value is -1.83. The zero-order valence-electron chi connectivity index (χ0n) is 12.4. The van der Waals surface area contributed by atoms with Crippen LogP contribution in [0.2, 0.25) is 0 Å². The summed E-state index contributed by atoms with van der Waals surface area (Å²) >= 11 is 0. The molecular formula is C19H21FO. The predicted molar refractivity (Wildman–Crippen MR) is 83.3 cm³/mol. The maximum Gasteiger partial charge on any atom is 0.168 e. The minimum absolute atomic E-state index is 0.226. The molecule has 1 nitrogen and oxygen atoms in total. The second kappa shape index (κ2) is 5.88. The molecule has 0 saturated heterocycles. The molecule has 0 saturated carbocycles. The highest BCUT2D eigenvalue weighted by atomic mass is 19.1. The van der Waals surface area contributed by atoms with Crippen molar-refractivity contribution >= 4 is 0 Å². The van der Waals surface area contributed by atoms with Crippen LogP contribution in [0.1, 0.15) is 47.9 Å². The summed E-state index contributed by atoms with van der Waals surface area (Å²) in [5, 5.41) is 9.46. The van der Waals surface area contributed by atoms with Gasteiger partial charge in [0.1, 0.15) is 0 Å². The van der Waals surface area contributed by atoms with Gasteiger partial charge in [0.25, 0.3) is 0 Å². The van der Waals surface area contributed by atoms with Gasteiger partial charge in [0.2, 0.25) is 0 Å². The molecule has 2 aromatic carbocycles. The number of benzene rings is 2. The Morgan fingerprint density at radius 1 is 1.14 bits per heavy atom. The van der Waals surface area contributed by atoms with Crippen LogP contribution in [-0.4, -0.2) is 5.11 Å². The molecule has 0 amide bonds. The third-order valence-electron chi connectivity index (χ3n) is 4.52. The van der Waals surface area contributed by atoms with Crippen LogP contribution in [0.15, 0.2) is 36.4 Å². The van der Waals surface area contributed by atoms with Crippen LogP contribution in [0.5, 0.6) is 5.75 Å². The van der Waals surface area contributed by atoms with Crippen molar-refractivity contribution in [3.8, 4) is 5.75 Å². The summed E-state index contributed by atoms with van der Waals surface area (Å²) in [5.41, 5.74) is 4.47. The van der Waals surface area contributed by atoms with Crippen LogP contribution in [0.3, 0.4) is 0 Å². The highest BCUT2D eigenvalue weighted by Gasteiger charge is 2.23. The van der Waals surface area contributed by atoms with Gasteiger partial charge in [-0.15, -0.1) is 0 Å². The molecule has 0 heterocycles. The Balaban J connectivity index is 1.81. The molecule has 2 aromatic rings. The predicted octanol–water partition coefficient (Wildman–Crippen LogP) is 4.76. The fourth-order valence-corrected chi connectivity index (χ4v) is 3.33. The van der Waals surface area contributed by atoms with Crippen LogP contribution >= 0.6 is 0 Å². The number of phenolic OH excluding ortho intramolecular Hbond substituents is 1. The standard InChI is InChI=1S/C19H21FO/c1-2-3-13-4-6-14(7-5-13)15-8-10-17-16(12-15)9-11-18(21)19(17)20/h4-7,9,11,15,21H,2-3,8,10,12H2,1H3. The summed E-state index contributed by atoms with van der Waals surface area (Å²) in [5.74, 6) is -0.197. The van der Waals surface area contributed by atoms with Crippen LogP contribution in [0.4, 0.5) is 4.39 Å². The van der Waals surface area contributed by atoms with E-state index in [2.05, 4.69) is 31.2 Å². The van der Waals surface area contributed by atoms with E-state index >= 15 is 0 Å². The van der Waals surface area contributed by atoms with Gasteiger partial charge in [0.15, 0.2) is 11.6 Å². The van der Waals surface area contributed by atoms with Crippen molar-refractivity contribution in [2.24, 2.45) is 0 Å². The van der Waals surface area contributed by atoms with Crippen molar-refractivity contribution in [1.29, 1.82) is 0 Å². The first kappa shape index (κ1) is 14.1. The summed E-state index contributed by atoms with van der Waals surface area (Å²) in [6.07, 6.45) is 4.80. The first-order valence-electron chi connectivity index (χ1n) is 7.77. The van der Waals surface area contributed by atoms with Crippen molar-refractivity contribution in [1.82, 2.24) is 0 Å². The minimum Gasteiger partial charge on any atom is -0.505 e. The zero-order valence-corrected chi connectivity index (χ0v) is 12.4. The van der Waals surface area contributed by atoms with E-state index in [4.69, 9.17) is 0 Å². The molecule has 1 aliphatic carbocycles. The van der Waals surface area contributed by atoms with Gasteiger partial charge in [-0.1, -0.05) is 43.7 Å². The van der Waals surface area contributed by atoms with Gasteiger partial charge in [-0.05, 0) is 59.9 Å². The van der Waals surface area contributed by atoms with Crippen LogP contribution in [-0.2, 0) is 19.3 Å². The Morgan fingerprint density at radius 3 is 2.62 bits per heavy atom. The Morgan fingerprint density at radius 2 is 1.90 bits per heavy atom. The lowest BCUT2D eigenvalue weighted by atomic mass is 9.79. The highest BCUT2D eigenvalue weighted by molar-refractivity contribution is 5.40. The molecular weight excluding hydrogens is 263 g/mol. The van der Waals surface area contributed by atoms with E-state index in [0.29, 0.717) is 17.9 Å². The molecule has 3 rings (SSSR count). The van der Waals surface area contributed by atoms with Gasteiger partial charge < -0.3 is 5.11 Å². The molecule has 0 fully saturated rings. The molecule has 1 atom stereocenters. The third-order valence-corrected chi connectivity index (χ3v) is 4.52. The van der Waals surface area contributed by atoms with Crippen molar-refractivity contribution in [2.45, 2.75) is 44.9 Å². The van der Waals surface area contributed by atoms with E-state index in [1.807, 2.05) is 6.07 Å². The number of aryl methyl sites for hydroxylation is 1. The monoisotopic (exact) mass is 284 g/mol. The Kier molecular flexibility index (Phi) is 3.96. The summed E-state index contributed by atoms with van der Waals surface area (Å²) in [7, 11) is 0. The molecule has 110 valence electrons. The Bertz CT molecular complexity index is 631. The first-order valence-corrected chi connectivity index (χ1v) is 7.77. The molecule has 0 aliphatic heterocycles. The topological polar surface area (TPSA) is 20.2 Å². The van der Waals surface area contributed by atoms with E-state index in [0.717, 1.165) is 24.8 Å². The van der Waals surface area contributed by atoms with E-state index in [1.165, 1.54) is 23.6 Å². The normalized spacial score (nSPS) is 17.5. The van der Waals surface area contributed by atoms with E-state index in [-0.39, 0.29) is 5.75 Å². The quantitative estimate of drug-likeness (QED) is 0.862. The second-order valence-corrected chi connectivity index (χ2v) is 5.97. The first-order chi connectivity index (χ1) is 10.2. The molecule has 0 bridgehead atoms. The molecule has 1 N–H and O–H groups in total. The van der Waals surface area contributed by atoms with E-state index in [9.17, 15) is 9.50 Å². The summed E-state index contributed by atoms with van der Waals surface area (Å²) in [6.45, 7) is 2.19. The highest BCUT2D eigenvalue weighted by Crippen LogP contribution is 2.36. The SMILES string of the molecule is CCCc1ccc(C2CCc3c(ccc(O)c3F)C2)cc1. The molecule has 2 heteroatoms. The van der Waals surface area contributed by atoms with Crippen LogP contribution in [0.25, 0.3) is 0 Å². The molecule has 21 heavy (non-hydrogen) atoms. The second-order valence-electron chi connectivity index (χ2n) is 5.97. The van der Waals surface area contributed by atoms with Crippen LogP contribution in [0, 0.1) is 5.82 Å². The van der Waals surface area contributed by atoms with Gasteiger partial charge in [0.05, 0.1) is 0 Å². The lowest BCUT2D eigenvalue weighted by Gasteiger charge is -2.25. The minimum atomic E-state index is -0.427. The Labute approximate surface area is 125 Å². The van der Waals surface area contributed by atoms with Crippen LogP contribution < -0.4 is 0 Å². The number of halogens is 1. The molecule has 0 spiro atoms. The number of hydrogen-bond acceptors (Lipinski definition) is 1. The van der Waals surface area contributed by atoms with E-state index < -0.39 is 5.82 Å². The summed E-state index contributed by atoms with van der Waals surface area (Å²) < 4.78 is 13.9. The third kappa shape index (κ3) is 2.80. The fraction of sp³-hybridized carbons (Fsp3) is 0.368. The largest absolute Gasteiger partial charge is 0.505 e. The number of aromatic hydroxyl groups is 1. The number of fused-ring (bicyclic) bond motifs is 1. The maximum atomic E-state index is 13.9. The molecule has 0 radical (unpaired) electrons.